The molecule has 0 bridgehead atoms. The molecule has 4 aromatic rings. The monoisotopic (exact) mass is 551 g/mol. The number of aromatic nitrogens is 1. The molecule has 8 heteroatoms. The third-order valence-corrected chi connectivity index (χ3v) is 7.21. The van der Waals surface area contributed by atoms with Crippen LogP contribution in [0.4, 0.5) is 22.9 Å². The van der Waals surface area contributed by atoms with Gasteiger partial charge in [-0.3, -0.25) is 4.79 Å². The Morgan fingerprint density at radius 1 is 0.878 bits per heavy atom. The van der Waals surface area contributed by atoms with Gasteiger partial charge in [0.05, 0.1) is 6.61 Å². The van der Waals surface area contributed by atoms with Gasteiger partial charge in [-0.05, 0) is 75.3 Å². The van der Waals surface area contributed by atoms with Gasteiger partial charge in [-0.1, -0.05) is 30.3 Å². The summed E-state index contributed by atoms with van der Waals surface area (Å²) in [4.78, 5) is 22.8. The summed E-state index contributed by atoms with van der Waals surface area (Å²) in [6, 6.07) is 23.4. The molecule has 41 heavy (non-hydrogen) atoms. The van der Waals surface area contributed by atoms with Gasteiger partial charge in [0, 0.05) is 55.5 Å². The van der Waals surface area contributed by atoms with Gasteiger partial charge < -0.3 is 29.9 Å². The van der Waals surface area contributed by atoms with E-state index in [2.05, 4.69) is 44.6 Å². The van der Waals surface area contributed by atoms with E-state index in [1.54, 1.807) is 12.3 Å². The minimum Gasteiger partial charge on any atom is -0.490 e. The first kappa shape index (κ1) is 28.0. The molecular formula is C33H37N5O3. The molecule has 1 aliphatic heterocycles. The van der Waals surface area contributed by atoms with Crippen molar-refractivity contribution in [3.8, 4) is 17.2 Å². The Morgan fingerprint density at radius 2 is 1.56 bits per heavy atom. The van der Waals surface area contributed by atoms with Gasteiger partial charge >= 0.3 is 0 Å². The lowest BCUT2D eigenvalue weighted by atomic mass is 10.1. The molecular weight excluding hydrogens is 514 g/mol. The highest BCUT2D eigenvalue weighted by molar-refractivity contribution is 6.07. The minimum absolute atomic E-state index is 0.304. The van der Waals surface area contributed by atoms with Gasteiger partial charge in [0.15, 0.2) is 11.5 Å². The molecule has 5 rings (SSSR count). The van der Waals surface area contributed by atoms with Gasteiger partial charge in [0.1, 0.15) is 17.1 Å². The van der Waals surface area contributed by atoms with Crippen molar-refractivity contribution in [1.82, 2.24) is 9.88 Å². The Kier molecular flexibility index (Phi) is 8.70. The highest BCUT2D eigenvalue weighted by atomic mass is 16.5. The first-order valence-corrected chi connectivity index (χ1v) is 14.0. The van der Waals surface area contributed by atoms with Crippen molar-refractivity contribution in [3.05, 3.63) is 95.7 Å². The van der Waals surface area contributed by atoms with E-state index in [1.165, 1.54) is 5.69 Å². The molecule has 212 valence electrons. The van der Waals surface area contributed by atoms with E-state index in [4.69, 9.17) is 9.47 Å². The maximum Gasteiger partial charge on any atom is 0.261 e. The summed E-state index contributed by atoms with van der Waals surface area (Å²) in [5.41, 5.74) is 5.15. The fraction of sp³-hybridized carbons (Fsp3) is 0.273. The number of amides is 1. The van der Waals surface area contributed by atoms with E-state index >= 15 is 0 Å². The number of hydrogen-bond donors (Lipinski definition) is 2. The topological polar surface area (TPSA) is 79.0 Å². The van der Waals surface area contributed by atoms with Crippen LogP contribution in [0, 0.1) is 13.8 Å². The zero-order chi connectivity index (χ0) is 28.8. The van der Waals surface area contributed by atoms with Crippen molar-refractivity contribution in [1.29, 1.82) is 0 Å². The molecule has 0 unspecified atom stereocenters. The number of aryl methyl sites for hydroxylation is 2. The van der Waals surface area contributed by atoms with Crippen LogP contribution in [-0.4, -0.2) is 55.6 Å². The van der Waals surface area contributed by atoms with Crippen LogP contribution in [0.1, 0.15) is 28.4 Å². The second-order valence-corrected chi connectivity index (χ2v) is 10.2. The molecule has 1 aliphatic rings. The van der Waals surface area contributed by atoms with Gasteiger partial charge in [-0.15, -0.1) is 0 Å². The first-order chi connectivity index (χ1) is 19.9. The normalized spacial score (nSPS) is 13.5. The number of carbonyl (C=O) groups excluding carboxylic acids is 1. The average molecular weight is 552 g/mol. The molecule has 1 aromatic heterocycles. The molecule has 0 saturated carbocycles. The number of para-hydroxylation sites is 3. The van der Waals surface area contributed by atoms with Crippen LogP contribution in [0.5, 0.6) is 17.2 Å². The van der Waals surface area contributed by atoms with Crippen molar-refractivity contribution >= 4 is 28.8 Å². The van der Waals surface area contributed by atoms with E-state index in [-0.39, 0.29) is 5.91 Å². The number of ether oxygens (including phenoxy) is 2. The number of nitrogens with zero attached hydrogens (tertiary/aromatic N) is 3. The van der Waals surface area contributed by atoms with E-state index in [0.717, 1.165) is 48.7 Å². The molecule has 1 saturated heterocycles. The molecule has 3 aromatic carbocycles. The SMILES string of the molecule is CCOc1ccccc1Oc1cc(Nc2ccc(N3CCN(C)CC3)cc2)ncc1C(=O)Nc1c(C)cccc1C. The van der Waals surface area contributed by atoms with Crippen molar-refractivity contribution < 1.29 is 14.3 Å². The molecule has 8 nitrogen and oxygen atoms in total. The molecule has 0 atom stereocenters. The van der Waals surface area contributed by atoms with Crippen molar-refractivity contribution in [3.63, 3.8) is 0 Å². The molecule has 0 radical (unpaired) electrons. The lowest BCUT2D eigenvalue weighted by Gasteiger charge is -2.34. The summed E-state index contributed by atoms with van der Waals surface area (Å²) >= 11 is 0. The van der Waals surface area contributed by atoms with Crippen LogP contribution in [-0.2, 0) is 0 Å². The Balaban J connectivity index is 1.42. The Morgan fingerprint density at radius 3 is 2.24 bits per heavy atom. The van der Waals surface area contributed by atoms with Crippen LogP contribution in [0.25, 0.3) is 0 Å². The zero-order valence-electron chi connectivity index (χ0n) is 24.1. The van der Waals surface area contributed by atoms with Gasteiger partial charge in [-0.2, -0.15) is 0 Å². The largest absolute Gasteiger partial charge is 0.490 e. The molecule has 2 heterocycles. The Bertz CT molecular complexity index is 1480. The number of pyridine rings is 1. The number of likely N-dealkylation sites (N-methyl/N-ethyl adjacent to an activating group) is 1. The standard InChI is InChI=1S/C33H37N5O3/c1-5-40-28-11-6-7-12-29(28)41-30-21-31(34-22-27(30)33(39)36-32-23(2)9-8-10-24(32)3)35-25-13-15-26(16-14-25)38-19-17-37(4)18-20-38/h6-16,21-22H,5,17-20H2,1-4H3,(H,34,35)(H,36,39). The van der Waals surface area contributed by atoms with Gasteiger partial charge in [0.25, 0.3) is 5.91 Å². The van der Waals surface area contributed by atoms with Gasteiger partial charge in [0.2, 0.25) is 0 Å². The third-order valence-electron chi connectivity index (χ3n) is 7.21. The summed E-state index contributed by atoms with van der Waals surface area (Å²) in [5, 5.41) is 6.41. The van der Waals surface area contributed by atoms with E-state index in [0.29, 0.717) is 35.2 Å². The summed E-state index contributed by atoms with van der Waals surface area (Å²) in [6.07, 6.45) is 1.54. The molecule has 1 fully saturated rings. The fourth-order valence-electron chi connectivity index (χ4n) is 4.85. The maximum absolute atomic E-state index is 13.5. The van der Waals surface area contributed by atoms with Crippen molar-refractivity contribution in [2.45, 2.75) is 20.8 Å². The average Bonchev–Trinajstić information content (AvgIpc) is 2.97. The summed E-state index contributed by atoms with van der Waals surface area (Å²) in [5.74, 6) is 1.74. The first-order valence-electron chi connectivity index (χ1n) is 14.0. The quantitative estimate of drug-likeness (QED) is 0.242. The summed E-state index contributed by atoms with van der Waals surface area (Å²) in [6.45, 7) is 10.5. The van der Waals surface area contributed by atoms with Crippen molar-refractivity contribution in [2.75, 3.05) is 55.4 Å². The Hall–Kier alpha value is -4.56. The van der Waals surface area contributed by atoms with Crippen LogP contribution < -0.4 is 25.0 Å². The molecule has 2 N–H and O–H groups in total. The smallest absolute Gasteiger partial charge is 0.261 e. The minimum atomic E-state index is -0.304. The summed E-state index contributed by atoms with van der Waals surface area (Å²) in [7, 11) is 2.16. The second-order valence-electron chi connectivity index (χ2n) is 10.2. The third kappa shape index (κ3) is 6.78. The van der Waals surface area contributed by atoms with Gasteiger partial charge in [-0.25, -0.2) is 4.98 Å². The number of carbonyl (C=O) groups is 1. The molecule has 0 aliphatic carbocycles. The zero-order valence-corrected chi connectivity index (χ0v) is 24.1. The fourth-order valence-corrected chi connectivity index (χ4v) is 4.85. The Labute approximate surface area is 241 Å². The maximum atomic E-state index is 13.5. The van der Waals surface area contributed by atoms with Crippen LogP contribution >= 0.6 is 0 Å². The number of anilines is 4. The highest BCUT2D eigenvalue weighted by Crippen LogP contribution is 2.35. The number of hydrogen-bond acceptors (Lipinski definition) is 7. The van der Waals surface area contributed by atoms with E-state index in [9.17, 15) is 4.79 Å². The number of benzene rings is 3. The number of rotatable bonds is 9. The highest BCUT2D eigenvalue weighted by Gasteiger charge is 2.19. The van der Waals surface area contributed by atoms with E-state index < -0.39 is 0 Å². The van der Waals surface area contributed by atoms with Crippen LogP contribution in [0.2, 0.25) is 0 Å². The molecule has 1 amide bonds. The predicted octanol–water partition coefficient (Wildman–Crippen LogP) is 6.64. The number of nitrogens with one attached hydrogen (secondary N) is 2. The van der Waals surface area contributed by atoms with E-state index in [1.807, 2.05) is 75.4 Å². The van der Waals surface area contributed by atoms with Crippen molar-refractivity contribution in [2.24, 2.45) is 0 Å². The van der Waals surface area contributed by atoms with Crippen LogP contribution in [0.15, 0.2) is 79.0 Å². The van der Waals surface area contributed by atoms with Crippen LogP contribution in [0.3, 0.4) is 0 Å². The lowest BCUT2D eigenvalue weighted by Crippen LogP contribution is -2.44. The molecule has 0 spiro atoms. The number of piperazine rings is 1. The lowest BCUT2D eigenvalue weighted by molar-refractivity contribution is 0.102. The second kappa shape index (κ2) is 12.7. The summed E-state index contributed by atoms with van der Waals surface area (Å²) < 4.78 is 12.1. The predicted molar refractivity (Wildman–Crippen MR) is 165 cm³/mol.